The van der Waals surface area contributed by atoms with Crippen molar-refractivity contribution in [2.24, 2.45) is 0 Å². The van der Waals surface area contributed by atoms with Gasteiger partial charge in [0.15, 0.2) is 5.76 Å². The highest BCUT2D eigenvalue weighted by atomic mass is 16.5. The predicted octanol–water partition coefficient (Wildman–Crippen LogP) is 5.77. The van der Waals surface area contributed by atoms with Crippen LogP contribution in [0.2, 0.25) is 0 Å². The number of hydrogen-bond acceptors (Lipinski definition) is 7. The SMILES string of the molecule is COc1ccc(CCOc2ccccc2[C@@H]2CC(=O)Oc3ccc4c(c32)O/C(=C\c2cccnc2)C4=O)cc1. The fourth-order valence-corrected chi connectivity index (χ4v) is 4.96. The number of fused-ring (bicyclic) bond motifs is 3. The molecule has 4 aromatic rings. The molecule has 2 aliphatic heterocycles. The Morgan fingerprint density at radius 3 is 2.62 bits per heavy atom. The normalized spacial score (nSPS) is 16.7. The molecular formula is C32H25NO6. The van der Waals surface area contributed by atoms with Crippen LogP contribution in [0.15, 0.2) is 90.9 Å². The number of ketones is 1. The van der Waals surface area contributed by atoms with E-state index in [2.05, 4.69) is 4.98 Å². The maximum atomic E-state index is 13.2. The Kier molecular flexibility index (Phi) is 6.55. The summed E-state index contributed by atoms with van der Waals surface area (Å²) in [6.07, 6.45) is 5.80. The van der Waals surface area contributed by atoms with Crippen LogP contribution >= 0.6 is 0 Å². The quantitative estimate of drug-likeness (QED) is 0.174. The lowest BCUT2D eigenvalue weighted by atomic mass is 9.84. The highest BCUT2D eigenvalue weighted by Gasteiger charge is 2.39. The van der Waals surface area contributed by atoms with Crippen molar-refractivity contribution in [3.63, 3.8) is 0 Å². The molecule has 0 N–H and O–H groups in total. The minimum Gasteiger partial charge on any atom is -0.497 e. The van der Waals surface area contributed by atoms with Crippen LogP contribution in [0.3, 0.4) is 0 Å². The van der Waals surface area contributed by atoms with Gasteiger partial charge in [-0.05, 0) is 53.6 Å². The molecule has 2 aliphatic rings. The summed E-state index contributed by atoms with van der Waals surface area (Å²) in [7, 11) is 1.64. The molecule has 194 valence electrons. The van der Waals surface area contributed by atoms with Gasteiger partial charge in [-0.25, -0.2) is 0 Å². The summed E-state index contributed by atoms with van der Waals surface area (Å²) in [6, 6.07) is 22.5. The summed E-state index contributed by atoms with van der Waals surface area (Å²) in [5.74, 6) is 1.50. The first-order valence-electron chi connectivity index (χ1n) is 12.7. The van der Waals surface area contributed by atoms with Gasteiger partial charge in [-0.15, -0.1) is 0 Å². The lowest BCUT2D eigenvalue weighted by Crippen LogP contribution is -2.22. The van der Waals surface area contributed by atoms with Gasteiger partial charge < -0.3 is 18.9 Å². The van der Waals surface area contributed by atoms with E-state index in [1.807, 2.05) is 54.6 Å². The van der Waals surface area contributed by atoms with Crippen LogP contribution in [0.4, 0.5) is 0 Å². The topological polar surface area (TPSA) is 84.0 Å². The zero-order valence-corrected chi connectivity index (χ0v) is 21.3. The monoisotopic (exact) mass is 519 g/mol. The third-order valence-corrected chi connectivity index (χ3v) is 6.86. The van der Waals surface area contributed by atoms with E-state index in [-0.39, 0.29) is 23.9 Å². The number of benzene rings is 3. The van der Waals surface area contributed by atoms with Gasteiger partial charge in [0.05, 0.1) is 25.7 Å². The number of nitrogens with zero attached hydrogens (tertiary/aromatic N) is 1. The molecule has 0 saturated heterocycles. The van der Waals surface area contributed by atoms with Crippen LogP contribution < -0.4 is 18.9 Å². The van der Waals surface area contributed by atoms with Gasteiger partial charge in [-0.3, -0.25) is 14.6 Å². The average molecular weight is 520 g/mol. The van der Waals surface area contributed by atoms with E-state index in [4.69, 9.17) is 18.9 Å². The van der Waals surface area contributed by atoms with Gasteiger partial charge in [0, 0.05) is 35.9 Å². The summed E-state index contributed by atoms with van der Waals surface area (Å²) >= 11 is 0. The number of hydrogen-bond donors (Lipinski definition) is 0. The maximum absolute atomic E-state index is 13.2. The zero-order valence-electron chi connectivity index (χ0n) is 21.3. The minimum atomic E-state index is -0.404. The van der Waals surface area contributed by atoms with Gasteiger partial charge in [0.2, 0.25) is 5.78 Å². The second-order valence-corrected chi connectivity index (χ2v) is 9.30. The number of rotatable bonds is 7. The number of pyridine rings is 1. The summed E-state index contributed by atoms with van der Waals surface area (Å²) in [5.41, 5.74) is 3.81. The number of Topliss-reactive ketones (excluding diaryl/α,β-unsaturated/α-hetero) is 1. The second-order valence-electron chi connectivity index (χ2n) is 9.30. The maximum Gasteiger partial charge on any atom is 0.312 e. The smallest absolute Gasteiger partial charge is 0.312 e. The van der Waals surface area contributed by atoms with Crippen molar-refractivity contribution < 1.29 is 28.5 Å². The van der Waals surface area contributed by atoms with Gasteiger partial charge in [0.25, 0.3) is 0 Å². The zero-order chi connectivity index (χ0) is 26.8. The number of ether oxygens (including phenoxy) is 4. The Labute approximate surface area is 225 Å². The Bertz CT molecular complexity index is 1580. The van der Waals surface area contributed by atoms with Crippen molar-refractivity contribution in [3.05, 3.63) is 119 Å². The number of carbonyl (C=O) groups excluding carboxylic acids is 2. The van der Waals surface area contributed by atoms with E-state index in [1.54, 1.807) is 43.8 Å². The van der Waals surface area contributed by atoms with Crippen molar-refractivity contribution >= 4 is 17.8 Å². The number of allylic oxidation sites excluding steroid dienone is 1. The van der Waals surface area contributed by atoms with Crippen molar-refractivity contribution in [2.75, 3.05) is 13.7 Å². The molecule has 0 amide bonds. The highest BCUT2D eigenvalue weighted by molar-refractivity contribution is 6.15. The molecular weight excluding hydrogens is 494 g/mol. The molecule has 3 heterocycles. The van der Waals surface area contributed by atoms with E-state index in [0.29, 0.717) is 41.4 Å². The highest BCUT2D eigenvalue weighted by Crippen LogP contribution is 2.50. The number of para-hydroxylation sites is 1. The van der Waals surface area contributed by atoms with E-state index in [0.717, 1.165) is 22.4 Å². The van der Waals surface area contributed by atoms with Crippen LogP contribution in [0.1, 0.15) is 45.0 Å². The minimum absolute atomic E-state index is 0.0987. The molecule has 0 radical (unpaired) electrons. The number of methoxy groups -OCH3 is 1. The van der Waals surface area contributed by atoms with E-state index in [9.17, 15) is 9.59 Å². The molecule has 7 heteroatoms. The van der Waals surface area contributed by atoms with Gasteiger partial charge in [-0.1, -0.05) is 36.4 Å². The van der Waals surface area contributed by atoms with Gasteiger partial charge in [0.1, 0.15) is 23.0 Å². The molecule has 6 rings (SSSR count). The first-order chi connectivity index (χ1) is 19.1. The number of aromatic nitrogens is 1. The Hall–Kier alpha value is -4.91. The third-order valence-electron chi connectivity index (χ3n) is 6.86. The number of esters is 1. The Balaban J connectivity index is 1.31. The van der Waals surface area contributed by atoms with Gasteiger partial charge >= 0.3 is 5.97 Å². The van der Waals surface area contributed by atoms with E-state index < -0.39 is 5.92 Å². The Morgan fingerprint density at radius 1 is 0.974 bits per heavy atom. The average Bonchev–Trinajstić information content (AvgIpc) is 3.28. The summed E-state index contributed by atoms with van der Waals surface area (Å²) < 4.78 is 23.2. The molecule has 3 aromatic carbocycles. The van der Waals surface area contributed by atoms with Crippen LogP contribution in [-0.4, -0.2) is 30.5 Å². The molecule has 0 saturated carbocycles. The first-order valence-corrected chi connectivity index (χ1v) is 12.7. The van der Waals surface area contributed by atoms with Crippen LogP contribution in [0.25, 0.3) is 6.08 Å². The molecule has 0 spiro atoms. The summed E-state index contributed by atoms with van der Waals surface area (Å²) in [5, 5.41) is 0. The van der Waals surface area contributed by atoms with Gasteiger partial charge in [-0.2, -0.15) is 0 Å². The van der Waals surface area contributed by atoms with Crippen molar-refractivity contribution in [1.82, 2.24) is 4.98 Å². The van der Waals surface area contributed by atoms with Crippen LogP contribution in [-0.2, 0) is 11.2 Å². The van der Waals surface area contributed by atoms with Crippen LogP contribution in [0, 0.1) is 0 Å². The van der Waals surface area contributed by atoms with E-state index in [1.165, 1.54) is 0 Å². The fraction of sp³-hybridized carbons (Fsp3) is 0.156. The fourth-order valence-electron chi connectivity index (χ4n) is 4.96. The summed E-state index contributed by atoms with van der Waals surface area (Å²) in [4.78, 5) is 30.0. The molecule has 0 unspecified atom stereocenters. The van der Waals surface area contributed by atoms with Crippen molar-refractivity contribution in [3.8, 4) is 23.0 Å². The molecule has 0 aliphatic carbocycles. The summed E-state index contributed by atoms with van der Waals surface area (Å²) in [6.45, 7) is 0.452. The lowest BCUT2D eigenvalue weighted by molar-refractivity contribution is -0.135. The first kappa shape index (κ1) is 24.4. The molecule has 0 fully saturated rings. The Morgan fingerprint density at radius 2 is 1.82 bits per heavy atom. The molecule has 1 aromatic heterocycles. The van der Waals surface area contributed by atoms with Crippen LogP contribution in [0.5, 0.6) is 23.0 Å². The van der Waals surface area contributed by atoms with Crippen molar-refractivity contribution in [2.45, 2.75) is 18.8 Å². The molecule has 1 atom stereocenters. The molecule has 39 heavy (non-hydrogen) atoms. The lowest BCUT2D eigenvalue weighted by Gasteiger charge is -2.27. The standard InChI is InChI=1S/C32H25NO6/c1-36-22-10-8-20(9-11-22)14-16-37-26-7-3-2-6-23(26)25-18-29(34)38-27-13-12-24-31(35)28(39-32(24)30(25)27)17-21-5-4-15-33-19-21/h2-13,15,17,19,25H,14,16,18H2,1H3/b28-17-/t25-/m0/s1. The van der Waals surface area contributed by atoms with E-state index >= 15 is 0 Å². The molecule has 7 nitrogen and oxygen atoms in total. The predicted molar refractivity (Wildman–Crippen MR) is 144 cm³/mol. The number of carbonyl (C=O) groups is 2. The largest absolute Gasteiger partial charge is 0.497 e. The molecule has 0 bridgehead atoms. The van der Waals surface area contributed by atoms with Crippen molar-refractivity contribution in [1.29, 1.82) is 0 Å². The second kappa shape index (κ2) is 10.5. The third kappa shape index (κ3) is 4.86.